The third-order valence-corrected chi connectivity index (χ3v) is 7.91. The lowest BCUT2D eigenvalue weighted by Gasteiger charge is -2.34. The van der Waals surface area contributed by atoms with E-state index in [-0.39, 0.29) is 12.0 Å². The van der Waals surface area contributed by atoms with Crippen molar-refractivity contribution in [1.82, 2.24) is 9.21 Å². The van der Waals surface area contributed by atoms with Crippen molar-refractivity contribution in [3.05, 3.63) is 23.8 Å². The Morgan fingerprint density at radius 2 is 1.86 bits per heavy atom. The molecule has 28 heavy (non-hydrogen) atoms. The third kappa shape index (κ3) is 3.96. The molecule has 1 unspecified atom stereocenters. The predicted octanol–water partition coefficient (Wildman–Crippen LogP) is 1.21. The van der Waals surface area contributed by atoms with Crippen molar-refractivity contribution in [3.8, 4) is 0 Å². The molecule has 3 aliphatic rings. The number of aliphatic hydroxyl groups is 1. The third-order valence-electron chi connectivity index (χ3n) is 6.01. The molecule has 1 aromatic carbocycles. The van der Waals surface area contributed by atoms with E-state index in [0.29, 0.717) is 37.6 Å². The van der Waals surface area contributed by atoms with E-state index in [4.69, 9.17) is 0 Å². The van der Waals surface area contributed by atoms with Crippen molar-refractivity contribution < 1.29 is 18.3 Å². The van der Waals surface area contributed by atoms with E-state index in [1.165, 1.54) is 0 Å². The summed E-state index contributed by atoms with van der Waals surface area (Å²) in [5.74, 6) is 0.0187. The monoisotopic (exact) mass is 407 g/mol. The second kappa shape index (κ2) is 8.10. The van der Waals surface area contributed by atoms with Gasteiger partial charge in [-0.05, 0) is 68.8 Å². The summed E-state index contributed by atoms with van der Waals surface area (Å²) < 4.78 is 27.2. The molecule has 0 saturated carbocycles. The second-order valence-corrected chi connectivity index (χ2v) is 10.0. The maximum atomic E-state index is 12.9. The molecule has 0 aromatic heterocycles. The Labute approximate surface area is 167 Å². The smallest absolute Gasteiger partial charge is 0.243 e. The van der Waals surface area contributed by atoms with Crippen LogP contribution in [0.3, 0.4) is 0 Å². The predicted molar refractivity (Wildman–Crippen MR) is 107 cm³/mol. The molecule has 1 aromatic rings. The fraction of sp³-hybridized carbons (Fsp3) is 0.650. The number of piperidine rings is 1. The molecule has 0 bridgehead atoms. The maximum Gasteiger partial charge on any atom is 0.243 e. The first-order chi connectivity index (χ1) is 13.4. The Hall–Kier alpha value is -1.48. The maximum absolute atomic E-state index is 12.9. The number of hydrogen-bond acceptors (Lipinski definition) is 5. The van der Waals surface area contributed by atoms with Crippen molar-refractivity contribution >= 4 is 21.6 Å². The zero-order chi connectivity index (χ0) is 19.7. The minimum atomic E-state index is -3.44. The van der Waals surface area contributed by atoms with E-state index >= 15 is 0 Å². The van der Waals surface area contributed by atoms with Crippen LogP contribution in [0.2, 0.25) is 0 Å². The molecule has 1 amide bonds. The number of fused-ring (bicyclic) bond motifs is 1. The molecule has 0 aliphatic carbocycles. The number of nitrogens with zero attached hydrogens (tertiary/aromatic N) is 3. The second-order valence-electron chi connectivity index (χ2n) is 8.08. The van der Waals surface area contributed by atoms with Gasteiger partial charge in [-0.1, -0.05) is 0 Å². The van der Waals surface area contributed by atoms with Crippen molar-refractivity contribution in [1.29, 1.82) is 0 Å². The van der Waals surface area contributed by atoms with Gasteiger partial charge in [0.05, 0.1) is 17.5 Å². The van der Waals surface area contributed by atoms with Crippen LogP contribution in [0.15, 0.2) is 23.1 Å². The average molecular weight is 408 g/mol. The highest BCUT2D eigenvalue weighted by Gasteiger charge is 2.30. The first-order valence-electron chi connectivity index (χ1n) is 10.3. The van der Waals surface area contributed by atoms with Crippen molar-refractivity contribution in [2.75, 3.05) is 44.2 Å². The zero-order valence-corrected chi connectivity index (χ0v) is 17.0. The van der Waals surface area contributed by atoms with Gasteiger partial charge in [0.1, 0.15) is 0 Å². The van der Waals surface area contributed by atoms with Crippen LogP contribution in [0.4, 0.5) is 5.69 Å². The number of aryl methyl sites for hydroxylation is 1. The van der Waals surface area contributed by atoms with E-state index in [9.17, 15) is 18.3 Å². The molecule has 1 atom stereocenters. The quantitative estimate of drug-likeness (QED) is 0.811. The topological polar surface area (TPSA) is 81.2 Å². The Balaban J connectivity index is 1.52. The van der Waals surface area contributed by atoms with Gasteiger partial charge in [-0.2, -0.15) is 4.31 Å². The van der Waals surface area contributed by atoms with Crippen LogP contribution >= 0.6 is 0 Å². The van der Waals surface area contributed by atoms with E-state index in [1.54, 1.807) is 27.4 Å². The first-order valence-corrected chi connectivity index (χ1v) is 11.7. The molecule has 3 heterocycles. The van der Waals surface area contributed by atoms with Crippen LogP contribution in [-0.4, -0.2) is 74.0 Å². The fourth-order valence-corrected chi connectivity index (χ4v) is 6.09. The summed E-state index contributed by atoms with van der Waals surface area (Å²) in [5.41, 5.74) is 1.76. The SMILES string of the molecule is O=C(CN1CCCC(O)C1)N1CCCc2cc(S(=O)(=O)N3CCCC3)ccc21. The Morgan fingerprint density at radius 1 is 1.07 bits per heavy atom. The number of β-amino-alcohol motifs (C(OH)–C–C–N with tert-alkyl or cyclic N) is 1. The molecule has 2 fully saturated rings. The number of hydrogen-bond donors (Lipinski definition) is 1. The number of benzene rings is 1. The van der Waals surface area contributed by atoms with Crippen LogP contribution in [0.5, 0.6) is 0 Å². The van der Waals surface area contributed by atoms with Gasteiger partial charge >= 0.3 is 0 Å². The number of rotatable bonds is 4. The van der Waals surface area contributed by atoms with Gasteiger partial charge in [0.25, 0.3) is 0 Å². The molecule has 154 valence electrons. The van der Waals surface area contributed by atoms with Crippen LogP contribution in [0, 0.1) is 0 Å². The molecule has 0 radical (unpaired) electrons. The van der Waals surface area contributed by atoms with Gasteiger partial charge in [-0.15, -0.1) is 0 Å². The van der Waals surface area contributed by atoms with E-state index in [2.05, 4.69) is 0 Å². The molecular formula is C20H29N3O4S. The van der Waals surface area contributed by atoms with Gasteiger partial charge in [-0.3, -0.25) is 9.69 Å². The number of anilines is 1. The van der Waals surface area contributed by atoms with Gasteiger partial charge in [0.15, 0.2) is 0 Å². The van der Waals surface area contributed by atoms with Crippen LogP contribution in [0.1, 0.15) is 37.7 Å². The summed E-state index contributed by atoms with van der Waals surface area (Å²) in [6.45, 7) is 3.50. The fourth-order valence-electron chi connectivity index (χ4n) is 4.52. The average Bonchev–Trinajstić information content (AvgIpc) is 3.22. The summed E-state index contributed by atoms with van der Waals surface area (Å²) >= 11 is 0. The van der Waals surface area contributed by atoms with Crippen LogP contribution in [-0.2, 0) is 21.2 Å². The number of carbonyl (C=O) groups excluding carboxylic acids is 1. The summed E-state index contributed by atoms with van der Waals surface area (Å²) in [6.07, 6.45) is 4.79. The lowest BCUT2D eigenvalue weighted by Crippen LogP contribution is -2.46. The van der Waals surface area contributed by atoms with E-state index in [1.807, 2.05) is 4.90 Å². The highest BCUT2D eigenvalue weighted by atomic mass is 32.2. The molecule has 4 rings (SSSR count). The minimum absolute atomic E-state index is 0.0187. The van der Waals surface area contributed by atoms with Gasteiger partial charge in [0.2, 0.25) is 15.9 Å². The Morgan fingerprint density at radius 3 is 2.61 bits per heavy atom. The van der Waals surface area contributed by atoms with Gasteiger partial charge < -0.3 is 10.0 Å². The number of aliphatic hydroxyl groups excluding tert-OH is 1. The van der Waals surface area contributed by atoms with Crippen molar-refractivity contribution in [3.63, 3.8) is 0 Å². The summed E-state index contributed by atoms with van der Waals surface area (Å²) in [7, 11) is -3.44. The molecule has 1 N–H and O–H groups in total. The molecular weight excluding hydrogens is 378 g/mol. The molecule has 8 heteroatoms. The summed E-state index contributed by atoms with van der Waals surface area (Å²) in [6, 6.07) is 5.19. The first kappa shape index (κ1) is 19.8. The van der Waals surface area contributed by atoms with Crippen LogP contribution in [0.25, 0.3) is 0 Å². The normalized spacial score (nSPS) is 24.3. The minimum Gasteiger partial charge on any atom is -0.392 e. The zero-order valence-electron chi connectivity index (χ0n) is 16.2. The molecule has 2 saturated heterocycles. The molecule has 0 spiro atoms. The molecule has 3 aliphatic heterocycles. The number of sulfonamides is 1. The molecule has 7 nitrogen and oxygen atoms in total. The Kier molecular flexibility index (Phi) is 5.73. The standard InChI is InChI=1S/C20H29N3O4S/c24-17-6-4-9-21(14-17)15-20(25)23-12-3-5-16-13-18(7-8-19(16)23)28(26,27)22-10-1-2-11-22/h7-8,13,17,24H,1-6,9-12,14-15H2. The Bertz CT molecular complexity index is 836. The highest BCUT2D eigenvalue weighted by molar-refractivity contribution is 7.89. The number of amides is 1. The van der Waals surface area contributed by atoms with Crippen molar-refractivity contribution in [2.24, 2.45) is 0 Å². The van der Waals surface area contributed by atoms with E-state index < -0.39 is 10.0 Å². The van der Waals surface area contributed by atoms with Crippen LogP contribution < -0.4 is 4.90 Å². The summed E-state index contributed by atoms with van der Waals surface area (Å²) in [5, 5.41) is 9.83. The number of carbonyl (C=O) groups is 1. The van der Waals surface area contributed by atoms with Crippen molar-refractivity contribution in [2.45, 2.75) is 49.5 Å². The largest absolute Gasteiger partial charge is 0.392 e. The summed E-state index contributed by atoms with van der Waals surface area (Å²) in [4.78, 5) is 17.0. The number of likely N-dealkylation sites (tertiary alicyclic amines) is 1. The van der Waals surface area contributed by atoms with E-state index in [0.717, 1.165) is 56.3 Å². The lowest BCUT2D eigenvalue weighted by molar-refractivity contribution is -0.120. The highest BCUT2D eigenvalue weighted by Crippen LogP contribution is 2.31. The lowest BCUT2D eigenvalue weighted by atomic mass is 10.0. The van der Waals surface area contributed by atoms with Gasteiger partial charge in [0, 0.05) is 31.9 Å². The van der Waals surface area contributed by atoms with Gasteiger partial charge in [-0.25, -0.2) is 8.42 Å².